The molecular formula is C61H71N9O11. The smallest absolute Gasteiger partial charge is 0.260 e. The minimum atomic E-state index is -0.815. The normalized spacial score (nSPS) is 19.2. The molecule has 0 spiro atoms. The van der Waals surface area contributed by atoms with E-state index in [-0.39, 0.29) is 73.5 Å². The molecule has 1 saturated heterocycles. The fourth-order valence-electron chi connectivity index (χ4n) is 10.7. The van der Waals surface area contributed by atoms with Crippen molar-refractivity contribution in [3.63, 3.8) is 0 Å². The molecule has 9 rings (SSSR count). The van der Waals surface area contributed by atoms with E-state index in [2.05, 4.69) is 21.3 Å². The summed E-state index contributed by atoms with van der Waals surface area (Å²) in [7, 11) is 6.52. The van der Waals surface area contributed by atoms with Crippen molar-refractivity contribution in [1.29, 1.82) is 0 Å². The molecule has 0 bridgehead atoms. The summed E-state index contributed by atoms with van der Waals surface area (Å²) in [4.78, 5) is 94.0. The van der Waals surface area contributed by atoms with Crippen LogP contribution < -0.4 is 45.0 Å². The van der Waals surface area contributed by atoms with E-state index in [1.165, 1.54) is 14.2 Å². The van der Waals surface area contributed by atoms with Crippen LogP contribution in [0.4, 0.5) is 17.1 Å². The highest BCUT2D eigenvalue weighted by Gasteiger charge is 2.40. The van der Waals surface area contributed by atoms with Gasteiger partial charge in [-0.15, -0.1) is 0 Å². The van der Waals surface area contributed by atoms with E-state index in [1.807, 2.05) is 81.5 Å². The Balaban J connectivity index is 0.726. The maximum atomic E-state index is 14.1. The van der Waals surface area contributed by atoms with Crippen LogP contribution in [-0.4, -0.2) is 141 Å². The van der Waals surface area contributed by atoms with Crippen LogP contribution in [0, 0.1) is 5.92 Å². The van der Waals surface area contributed by atoms with Crippen LogP contribution in [0.2, 0.25) is 0 Å². The number of methoxy groups -OCH3 is 3. The lowest BCUT2D eigenvalue weighted by molar-refractivity contribution is -0.131. The number of carbonyl (C=O) groups excluding carboxylic acids is 6. The van der Waals surface area contributed by atoms with Crippen LogP contribution >= 0.6 is 0 Å². The van der Waals surface area contributed by atoms with Crippen LogP contribution in [0.15, 0.2) is 95.2 Å². The van der Waals surface area contributed by atoms with Crippen LogP contribution in [0.25, 0.3) is 11.1 Å². The number of carbonyl (C=O) groups is 6. The monoisotopic (exact) mass is 1110 g/mol. The van der Waals surface area contributed by atoms with E-state index in [0.717, 1.165) is 47.3 Å². The molecule has 4 aromatic carbocycles. The number of rotatable bonds is 24. The van der Waals surface area contributed by atoms with E-state index < -0.39 is 17.9 Å². The first-order chi connectivity index (χ1) is 39.1. The molecular weight excluding hydrogens is 1030 g/mol. The number of aliphatic imine (C=N–C) groups is 2. The van der Waals surface area contributed by atoms with E-state index in [0.29, 0.717) is 89.8 Å². The van der Waals surface area contributed by atoms with Gasteiger partial charge in [0.05, 0.1) is 81.3 Å². The predicted molar refractivity (Wildman–Crippen MR) is 308 cm³/mol. The Morgan fingerprint density at radius 2 is 1.25 bits per heavy atom. The summed E-state index contributed by atoms with van der Waals surface area (Å²) in [5, 5.41) is 11.5. The fourth-order valence-corrected chi connectivity index (χ4v) is 10.7. The molecule has 3 unspecified atom stereocenters. The maximum Gasteiger partial charge on any atom is 0.260 e. The number of fused-ring (bicyclic) bond motifs is 4. The van der Waals surface area contributed by atoms with Crippen molar-refractivity contribution in [1.82, 2.24) is 30.7 Å². The number of nitrogens with one attached hydrogen (secondary N) is 4. The SMILES string of the molecule is CNC1(C)CCC(=O)N1CCCCCC(=O)NC(C(=O)NCC(=O)Nc1ccc(C2=CN3C(=O)c4cc(OC)c(OCCCOc5cc6c(cc5OC)C(=O)N5C=C(c7ccc(OC)cc7)C[C@H]5C=N6)cc4N=CC3C2)cc1)C(C)C. The molecule has 1 fully saturated rings. The van der Waals surface area contributed by atoms with Crippen LogP contribution in [0.1, 0.15) is 110 Å². The Labute approximate surface area is 472 Å². The van der Waals surface area contributed by atoms with Gasteiger partial charge in [-0.3, -0.25) is 44.1 Å². The average molecular weight is 1110 g/mol. The summed E-state index contributed by atoms with van der Waals surface area (Å²) in [6, 6.07) is 20.3. The van der Waals surface area contributed by atoms with Crippen molar-refractivity contribution >= 4 is 76.1 Å². The zero-order chi connectivity index (χ0) is 57.4. The molecule has 4 atom stereocenters. The standard InChI is InChI=1S/C61H71N9O11/c1-37(2)57(67-54(71)12-9-8-10-23-70-56(73)21-22-61(70,3)62-4)58(74)65-34-55(72)66-42-17-13-38(14-18-42)40-26-43-32-63-48-30-52(50(78-6)28-46(48)59(75)68(43)35-40)80-24-11-25-81-53-31-49-47(29-51(53)79-7)60(76)69-36-41(27-44(69)33-64-49)39-15-19-45(77-5)20-16-39/h13-20,28-33,35-37,43-44,57,62H,8-12,21-27,34H2,1-7H3,(H,65,74)(H,66,72)(H,67,71)/t43?,44-,57?,61?/m0/s1. The van der Waals surface area contributed by atoms with Crippen LogP contribution in [-0.2, 0) is 19.2 Å². The van der Waals surface area contributed by atoms with Crippen molar-refractivity contribution in [3.8, 4) is 28.7 Å². The minimum absolute atomic E-state index is 0.136. The third kappa shape index (κ3) is 12.9. The highest BCUT2D eigenvalue weighted by molar-refractivity contribution is 6.07. The average Bonchev–Trinajstić information content (AvgIpc) is 4.38. The summed E-state index contributed by atoms with van der Waals surface area (Å²) >= 11 is 0. The number of hydrogen-bond acceptors (Lipinski definition) is 14. The largest absolute Gasteiger partial charge is 0.497 e. The van der Waals surface area contributed by atoms with E-state index >= 15 is 0 Å². The number of anilines is 1. The topological polar surface area (TPSA) is 231 Å². The van der Waals surface area contributed by atoms with Crippen LogP contribution in [0.3, 0.4) is 0 Å². The Morgan fingerprint density at radius 3 is 1.77 bits per heavy atom. The molecule has 0 saturated carbocycles. The predicted octanol–water partition coefficient (Wildman–Crippen LogP) is 7.82. The third-order valence-electron chi connectivity index (χ3n) is 15.5. The molecule has 5 heterocycles. The van der Waals surface area contributed by atoms with Gasteiger partial charge in [-0.1, -0.05) is 44.5 Å². The number of ether oxygens (including phenoxy) is 5. The van der Waals surface area contributed by atoms with Gasteiger partial charge in [0.15, 0.2) is 23.0 Å². The van der Waals surface area contributed by atoms with Gasteiger partial charge < -0.3 is 54.3 Å². The lowest BCUT2D eigenvalue weighted by Crippen LogP contribution is -2.52. The third-order valence-corrected chi connectivity index (χ3v) is 15.5. The zero-order valence-electron chi connectivity index (χ0n) is 47.0. The summed E-state index contributed by atoms with van der Waals surface area (Å²) in [6.45, 7) is 6.53. The van der Waals surface area contributed by atoms with Gasteiger partial charge in [0.1, 0.15) is 11.8 Å². The Morgan fingerprint density at radius 1 is 0.691 bits per heavy atom. The first-order valence-corrected chi connectivity index (χ1v) is 27.6. The molecule has 6 amide bonds. The highest BCUT2D eigenvalue weighted by Crippen LogP contribution is 2.42. The number of benzene rings is 4. The zero-order valence-corrected chi connectivity index (χ0v) is 47.0. The number of likely N-dealkylation sites (tertiary alicyclic amines) is 1. The van der Waals surface area contributed by atoms with E-state index in [1.54, 1.807) is 65.7 Å². The number of hydrogen-bond donors (Lipinski definition) is 4. The molecule has 4 N–H and O–H groups in total. The van der Waals surface area contributed by atoms with Gasteiger partial charge in [0.2, 0.25) is 23.6 Å². The summed E-state index contributed by atoms with van der Waals surface area (Å²) in [5.74, 6) is 0.757. The molecule has 20 nitrogen and oxygen atoms in total. The van der Waals surface area contributed by atoms with Crippen molar-refractivity contribution in [2.75, 3.05) is 60.0 Å². The van der Waals surface area contributed by atoms with Gasteiger partial charge in [-0.25, -0.2) is 0 Å². The quantitative estimate of drug-likeness (QED) is 0.0492. The molecule has 20 heteroatoms. The van der Waals surface area contributed by atoms with E-state index in [4.69, 9.17) is 33.7 Å². The lowest BCUT2D eigenvalue weighted by atomic mass is 10.0. The second-order valence-corrected chi connectivity index (χ2v) is 21.2. The summed E-state index contributed by atoms with van der Waals surface area (Å²) in [5.41, 5.74) is 5.69. The van der Waals surface area contributed by atoms with Gasteiger partial charge in [-0.05, 0) is 97.8 Å². The molecule has 81 heavy (non-hydrogen) atoms. The van der Waals surface area contributed by atoms with Gasteiger partial charge in [0.25, 0.3) is 11.8 Å². The number of unbranched alkanes of at least 4 members (excludes halogenated alkanes) is 2. The van der Waals surface area contributed by atoms with Gasteiger partial charge >= 0.3 is 0 Å². The maximum absolute atomic E-state index is 14.1. The molecule has 5 aliphatic rings. The van der Waals surface area contributed by atoms with Crippen LogP contribution in [0.5, 0.6) is 28.7 Å². The fraction of sp³-hybridized carbons (Fsp3) is 0.410. The molecule has 5 aliphatic heterocycles. The van der Waals surface area contributed by atoms with E-state index in [9.17, 15) is 28.8 Å². The Hall–Kier alpha value is -8.52. The Bertz CT molecular complexity index is 3170. The molecule has 0 radical (unpaired) electrons. The molecule has 0 aromatic heterocycles. The Kier molecular flexibility index (Phi) is 17.9. The number of amides is 6. The molecule has 426 valence electrons. The van der Waals surface area contributed by atoms with Gasteiger partial charge in [0, 0.05) is 81.3 Å². The van der Waals surface area contributed by atoms with Crippen molar-refractivity contribution in [2.45, 2.75) is 102 Å². The summed E-state index contributed by atoms with van der Waals surface area (Å²) in [6.07, 6.45) is 12.6. The second-order valence-electron chi connectivity index (χ2n) is 21.2. The van der Waals surface area contributed by atoms with Crippen molar-refractivity contribution in [3.05, 3.63) is 107 Å². The highest BCUT2D eigenvalue weighted by atomic mass is 16.5. The molecule has 4 aromatic rings. The number of nitrogens with zero attached hydrogens (tertiary/aromatic N) is 5. The first kappa shape index (κ1) is 57.2. The second kappa shape index (κ2) is 25.3. The first-order valence-electron chi connectivity index (χ1n) is 27.6. The van der Waals surface area contributed by atoms with Gasteiger partial charge in [-0.2, -0.15) is 0 Å². The molecule has 0 aliphatic carbocycles. The van der Waals surface area contributed by atoms with Crippen molar-refractivity contribution in [2.24, 2.45) is 15.9 Å². The minimum Gasteiger partial charge on any atom is -0.497 e. The summed E-state index contributed by atoms with van der Waals surface area (Å²) < 4.78 is 29.0. The van der Waals surface area contributed by atoms with Crippen molar-refractivity contribution < 1.29 is 52.5 Å². The lowest BCUT2D eigenvalue weighted by Gasteiger charge is -2.35.